The van der Waals surface area contributed by atoms with Crippen molar-refractivity contribution >= 4 is 49.8 Å². The van der Waals surface area contributed by atoms with Crippen LogP contribution in [0.15, 0.2) is 75.2 Å². The van der Waals surface area contributed by atoms with Gasteiger partial charge in [0.05, 0.1) is 10.6 Å². The van der Waals surface area contributed by atoms with Crippen molar-refractivity contribution in [2.24, 2.45) is 4.99 Å². The molecule has 34 heavy (non-hydrogen) atoms. The Balaban J connectivity index is 1.49. The molecule has 2 aliphatic heterocycles. The number of nitrogens with zero attached hydrogens (tertiary/aromatic N) is 3. The number of thiazole rings is 1. The number of aromatic nitrogens is 1. The molecule has 2 unspecified atom stereocenters. The van der Waals surface area contributed by atoms with E-state index in [1.807, 2.05) is 6.07 Å². The molecule has 1 saturated heterocycles. The molecule has 5 nitrogen and oxygen atoms in total. The quantitative estimate of drug-likeness (QED) is 0.401. The molecule has 6 rings (SSSR count). The highest BCUT2D eigenvalue weighted by Crippen LogP contribution is 2.50. The van der Waals surface area contributed by atoms with Gasteiger partial charge in [0.2, 0.25) is 0 Å². The minimum atomic E-state index is 0.170. The van der Waals surface area contributed by atoms with Crippen LogP contribution in [0.4, 0.5) is 10.9 Å². The molecule has 2 aromatic carbocycles. The predicted octanol–water partition coefficient (Wildman–Crippen LogP) is 6.53. The first-order chi connectivity index (χ1) is 16.6. The molecular formula is C27H26BrN5S. The van der Waals surface area contributed by atoms with Crippen LogP contribution < -0.4 is 10.6 Å². The summed E-state index contributed by atoms with van der Waals surface area (Å²) in [6.07, 6.45) is 4.39. The average Bonchev–Trinajstić information content (AvgIpc) is 3.59. The lowest BCUT2D eigenvalue weighted by atomic mass is 9.71. The Hall–Kier alpha value is -2.77. The Morgan fingerprint density at radius 1 is 0.912 bits per heavy atom. The van der Waals surface area contributed by atoms with E-state index in [1.165, 1.54) is 24.0 Å². The van der Waals surface area contributed by atoms with Crippen molar-refractivity contribution < 1.29 is 0 Å². The molecule has 3 N–H and O–H groups in total. The van der Waals surface area contributed by atoms with Crippen LogP contribution in [-0.4, -0.2) is 29.6 Å². The van der Waals surface area contributed by atoms with E-state index in [0.717, 1.165) is 57.3 Å². The number of amidine groups is 1. The second kappa shape index (κ2) is 8.78. The predicted molar refractivity (Wildman–Crippen MR) is 145 cm³/mol. The van der Waals surface area contributed by atoms with Crippen molar-refractivity contribution in [2.75, 3.05) is 23.7 Å². The Morgan fingerprint density at radius 2 is 1.56 bits per heavy atom. The lowest BCUT2D eigenvalue weighted by Gasteiger charge is -2.32. The van der Waals surface area contributed by atoms with Gasteiger partial charge in [0, 0.05) is 35.0 Å². The molecule has 0 radical (unpaired) electrons. The van der Waals surface area contributed by atoms with Crippen LogP contribution in [0.25, 0.3) is 0 Å². The second-order valence-electron chi connectivity index (χ2n) is 9.19. The van der Waals surface area contributed by atoms with Gasteiger partial charge in [-0.2, -0.15) is 0 Å². The zero-order valence-corrected chi connectivity index (χ0v) is 21.2. The number of rotatable bonds is 4. The first-order valence-corrected chi connectivity index (χ1v) is 13.4. The molecule has 3 aliphatic rings. The summed E-state index contributed by atoms with van der Waals surface area (Å²) in [5.41, 5.74) is 12.1. The minimum absolute atomic E-state index is 0.170. The molecule has 7 heteroatoms. The van der Waals surface area contributed by atoms with E-state index in [1.54, 1.807) is 11.3 Å². The molecule has 0 amide bonds. The van der Waals surface area contributed by atoms with Gasteiger partial charge in [-0.25, -0.2) is 9.98 Å². The molecule has 0 bridgehead atoms. The standard InChI is InChI=1S/C27H26BrN5S/c28-18-10-8-17(9-11-18)19-12-13-20(16-6-2-1-3-7-16)22-21(19)23(31-25(22)29)24-26(30)32-27(34-24)33-14-4-5-15-33/h1-3,6-11,19-20,29H,4-5,12-15,30H2. The second-order valence-corrected chi connectivity index (χ2v) is 11.1. The van der Waals surface area contributed by atoms with Crippen molar-refractivity contribution in [3.63, 3.8) is 0 Å². The number of benzene rings is 2. The summed E-state index contributed by atoms with van der Waals surface area (Å²) in [6.45, 7) is 2.06. The number of nitrogens with one attached hydrogen (secondary N) is 1. The summed E-state index contributed by atoms with van der Waals surface area (Å²) in [5.74, 6) is 1.25. The Morgan fingerprint density at radius 3 is 2.26 bits per heavy atom. The van der Waals surface area contributed by atoms with E-state index in [9.17, 15) is 0 Å². The fraction of sp³-hybridized carbons (Fsp3) is 0.296. The lowest BCUT2D eigenvalue weighted by Crippen LogP contribution is -2.21. The van der Waals surface area contributed by atoms with Crippen LogP contribution in [0.2, 0.25) is 0 Å². The monoisotopic (exact) mass is 531 g/mol. The summed E-state index contributed by atoms with van der Waals surface area (Å²) < 4.78 is 1.07. The molecule has 2 atom stereocenters. The summed E-state index contributed by atoms with van der Waals surface area (Å²) >= 11 is 5.20. The van der Waals surface area contributed by atoms with Crippen LogP contribution in [0.3, 0.4) is 0 Å². The third-order valence-corrected chi connectivity index (χ3v) is 8.84. The first-order valence-electron chi connectivity index (χ1n) is 11.8. The molecule has 1 aromatic heterocycles. The fourth-order valence-corrected chi connectivity index (χ4v) is 6.87. The summed E-state index contributed by atoms with van der Waals surface area (Å²) in [4.78, 5) is 12.8. The Kier molecular flexibility index (Phi) is 5.62. The van der Waals surface area contributed by atoms with E-state index in [4.69, 9.17) is 21.1 Å². The van der Waals surface area contributed by atoms with E-state index < -0.39 is 0 Å². The van der Waals surface area contributed by atoms with Gasteiger partial charge in [0.15, 0.2) is 5.13 Å². The molecule has 3 heterocycles. The molecule has 0 spiro atoms. The lowest BCUT2D eigenvalue weighted by molar-refractivity contribution is 0.579. The van der Waals surface area contributed by atoms with E-state index >= 15 is 0 Å². The Labute approximate surface area is 212 Å². The van der Waals surface area contributed by atoms with Gasteiger partial charge in [-0.3, -0.25) is 5.41 Å². The fourth-order valence-electron chi connectivity index (χ4n) is 5.57. The Bertz CT molecular complexity index is 1300. The topological polar surface area (TPSA) is 78.4 Å². The van der Waals surface area contributed by atoms with Crippen LogP contribution in [0, 0.1) is 5.41 Å². The van der Waals surface area contributed by atoms with Crippen LogP contribution >= 0.6 is 27.3 Å². The summed E-state index contributed by atoms with van der Waals surface area (Å²) in [5, 5.41) is 9.92. The number of halogens is 1. The van der Waals surface area contributed by atoms with Crippen molar-refractivity contribution in [3.05, 3.63) is 86.2 Å². The number of allylic oxidation sites excluding steroid dienone is 1. The smallest absolute Gasteiger partial charge is 0.187 e. The van der Waals surface area contributed by atoms with E-state index in [0.29, 0.717) is 11.7 Å². The van der Waals surface area contributed by atoms with E-state index in [-0.39, 0.29) is 11.8 Å². The zero-order valence-electron chi connectivity index (χ0n) is 18.8. The maximum atomic E-state index is 8.94. The highest BCUT2D eigenvalue weighted by molar-refractivity contribution is 9.10. The number of anilines is 2. The van der Waals surface area contributed by atoms with E-state index in [2.05, 4.69) is 69.4 Å². The van der Waals surface area contributed by atoms with Gasteiger partial charge in [0.25, 0.3) is 0 Å². The maximum absolute atomic E-state index is 8.94. The zero-order chi connectivity index (χ0) is 23.2. The normalized spacial score (nSPS) is 22.3. The van der Waals surface area contributed by atoms with Crippen LogP contribution in [0.5, 0.6) is 0 Å². The van der Waals surface area contributed by atoms with Crippen molar-refractivity contribution in [3.8, 4) is 0 Å². The van der Waals surface area contributed by atoms with Gasteiger partial charge in [0.1, 0.15) is 11.7 Å². The summed E-state index contributed by atoms with van der Waals surface area (Å²) in [7, 11) is 0. The van der Waals surface area contributed by atoms with Crippen molar-refractivity contribution in [1.29, 1.82) is 5.41 Å². The third-order valence-electron chi connectivity index (χ3n) is 7.17. The minimum Gasteiger partial charge on any atom is -0.382 e. The van der Waals surface area contributed by atoms with Gasteiger partial charge in [-0.15, -0.1) is 0 Å². The molecule has 172 valence electrons. The number of hydrogen-bond donors (Lipinski definition) is 2. The van der Waals surface area contributed by atoms with Crippen molar-refractivity contribution in [1.82, 2.24) is 4.98 Å². The van der Waals surface area contributed by atoms with Crippen LogP contribution in [-0.2, 0) is 0 Å². The average molecular weight is 533 g/mol. The molecule has 1 fully saturated rings. The van der Waals surface area contributed by atoms with Gasteiger partial charge in [-0.1, -0.05) is 69.7 Å². The first kappa shape index (κ1) is 21.7. The van der Waals surface area contributed by atoms with Gasteiger partial charge in [-0.05, 0) is 54.5 Å². The highest BCUT2D eigenvalue weighted by atomic mass is 79.9. The number of nitrogens with two attached hydrogens (primary N) is 1. The third kappa shape index (κ3) is 3.71. The number of nitrogen functional groups attached to an aromatic ring is 1. The SMILES string of the molecule is N=C1N=C(c2sc(N3CCCC3)nc2N)C2=C1C(c1ccccc1)CCC2c1ccc(Br)cc1. The molecular weight excluding hydrogens is 506 g/mol. The van der Waals surface area contributed by atoms with Gasteiger partial charge >= 0.3 is 0 Å². The van der Waals surface area contributed by atoms with Crippen LogP contribution in [0.1, 0.15) is 53.5 Å². The summed E-state index contributed by atoms with van der Waals surface area (Å²) in [6, 6.07) is 19.1. The molecule has 3 aromatic rings. The van der Waals surface area contributed by atoms with Gasteiger partial charge < -0.3 is 10.6 Å². The molecule has 0 saturated carbocycles. The largest absolute Gasteiger partial charge is 0.382 e. The van der Waals surface area contributed by atoms with Crippen molar-refractivity contribution in [2.45, 2.75) is 37.5 Å². The number of aliphatic imine (C=N–C) groups is 1. The highest BCUT2D eigenvalue weighted by Gasteiger charge is 2.41. The molecule has 1 aliphatic carbocycles. The maximum Gasteiger partial charge on any atom is 0.187 e. The number of hydrogen-bond acceptors (Lipinski definition) is 5.